The van der Waals surface area contributed by atoms with Crippen molar-refractivity contribution in [2.24, 2.45) is 0 Å². The molecular formula is C18H20N4O. The summed E-state index contributed by atoms with van der Waals surface area (Å²) in [5, 5.41) is 5.93. The maximum atomic E-state index is 12.6. The Labute approximate surface area is 134 Å². The van der Waals surface area contributed by atoms with E-state index in [-0.39, 0.29) is 5.56 Å². The lowest BCUT2D eigenvalue weighted by Gasteiger charge is -2.24. The molecule has 0 radical (unpaired) electrons. The Morgan fingerprint density at radius 3 is 2.78 bits per heavy atom. The minimum atomic E-state index is -0.0421. The smallest absolute Gasteiger partial charge is 0.274 e. The third-order valence-electron chi connectivity index (χ3n) is 4.79. The van der Waals surface area contributed by atoms with Crippen LogP contribution in [0.1, 0.15) is 43.8 Å². The third kappa shape index (κ3) is 2.67. The van der Waals surface area contributed by atoms with Crippen LogP contribution < -0.4 is 5.56 Å². The zero-order valence-electron chi connectivity index (χ0n) is 13.1. The van der Waals surface area contributed by atoms with Gasteiger partial charge in [0.15, 0.2) is 0 Å². The van der Waals surface area contributed by atoms with E-state index in [1.807, 2.05) is 36.8 Å². The Morgan fingerprint density at radius 2 is 1.91 bits per heavy atom. The predicted octanol–water partition coefficient (Wildman–Crippen LogP) is 3.15. The molecule has 0 atom stereocenters. The van der Waals surface area contributed by atoms with Gasteiger partial charge in [-0.1, -0.05) is 37.5 Å². The van der Waals surface area contributed by atoms with Gasteiger partial charge in [-0.2, -0.15) is 5.10 Å². The topological polar surface area (TPSA) is 52.7 Å². The Kier molecular flexibility index (Phi) is 3.69. The van der Waals surface area contributed by atoms with Gasteiger partial charge < -0.3 is 4.57 Å². The molecule has 0 bridgehead atoms. The van der Waals surface area contributed by atoms with Crippen LogP contribution in [0.2, 0.25) is 0 Å². The summed E-state index contributed by atoms with van der Waals surface area (Å²) in [6.07, 6.45) is 11.8. The van der Waals surface area contributed by atoms with Gasteiger partial charge in [0.05, 0.1) is 36.3 Å². The van der Waals surface area contributed by atoms with Crippen molar-refractivity contribution in [1.29, 1.82) is 0 Å². The van der Waals surface area contributed by atoms with Crippen LogP contribution in [0.15, 0.2) is 47.8 Å². The van der Waals surface area contributed by atoms with Gasteiger partial charge in [-0.15, -0.1) is 0 Å². The van der Waals surface area contributed by atoms with Crippen molar-refractivity contribution in [3.05, 3.63) is 59.0 Å². The summed E-state index contributed by atoms with van der Waals surface area (Å²) >= 11 is 0. The number of aromatic nitrogens is 4. The molecule has 1 aliphatic rings. The Bertz CT molecular complexity index is 874. The van der Waals surface area contributed by atoms with Crippen LogP contribution in [0.3, 0.4) is 0 Å². The molecule has 1 aliphatic carbocycles. The number of hydrogen-bond donors (Lipinski definition) is 0. The molecule has 5 nitrogen and oxygen atoms in total. The van der Waals surface area contributed by atoms with Crippen LogP contribution in [0.4, 0.5) is 0 Å². The molecule has 1 aromatic carbocycles. The number of nitrogens with zero attached hydrogens (tertiary/aromatic N) is 4. The van der Waals surface area contributed by atoms with Crippen LogP contribution in [-0.4, -0.2) is 19.3 Å². The molecule has 0 aliphatic heterocycles. The highest BCUT2D eigenvalue weighted by Crippen LogP contribution is 2.29. The molecule has 2 heterocycles. The van der Waals surface area contributed by atoms with Gasteiger partial charge >= 0.3 is 0 Å². The van der Waals surface area contributed by atoms with E-state index in [4.69, 9.17) is 0 Å². The fourth-order valence-electron chi connectivity index (χ4n) is 3.54. The highest BCUT2D eigenvalue weighted by atomic mass is 16.1. The maximum absolute atomic E-state index is 12.6. The first kappa shape index (κ1) is 14.2. The minimum Gasteiger partial charge on any atom is -0.330 e. The average Bonchev–Trinajstić information content (AvgIpc) is 3.07. The Morgan fingerprint density at radius 1 is 1.09 bits per heavy atom. The summed E-state index contributed by atoms with van der Waals surface area (Å²) in [7, 11) is 0. The zero-order valence-corrected chi connectivity index (χ0v) is 13.1. The van der Waals surface area contributed by atoms with Crippen molar-refractivity contribution < 1.29 is 0 Å². The average molecular weight is 308 g/mol. The van der Waals surface area contributed by atoms with E-state index in [9.17, 15) is 4.79 Å². The van der Waals surface area contributed by atoms with Gasteiger partial charge in [-0.3, -0.25) is 4.79 Å². The summed E-state index contributed by atoms with van der Waals surface area (Å²) in [6, 6.07) is 8.10. The van der Waals surface area contributed by atoms with Gasteiger partial charge in [0.25, 0.3) is 5.56 Å². The summed E-state index contributed by atoms with van der Waals surface area (Å²) in [5.41, 5.74) is 1.02. The van der Waals surface area contributed by atoms with Crippen molar-refractivity contribution in [1.82, 2.24) is 19.3 Å². The molecule has 0 spiro atoms. The summed E-state index contributed by atoms with van der Waals surface area (Å²) in [6.45, 7) is 0.472. The van der Waals surface area contributed by atoms with E-state index in [1.165, 1.54) is 32.1 Å². The maximum Gasteiger partial charge on any atom is 0.274 e. The van der Waals surface area contributed by atoms with E-state index in [1.54, 1.807) is 10.9 Å². The van der Waals surface area contributed by atoms with Gasteiger partial charge in [-0.25, -0.2) is 9.67 Å². The number of fused-ring (bicyclic) bond motifs is 1. The molecule has 4 rings (SSSR count). The summed E-state index contributed by atoms with van der Waals surface area (Å²) in [4.78, 5) is 16.9. The summed E-state index contributed by atoms with van der Waals surface area (Å²) < 4.78 is 3.78. The van der Waals surface area contributed by atoms with Gasteiger partial charge in [0.1, 0.15) is 0 Å². The van der Waals surface area contributed by atoms with Crippen molar-refractivity contribution in [2.45, 2.75) is 44.7 Å². The molecule has 118 valence electrons. The normalized spacial score (nSPS) is 16.0. The second-order valence-electron chi connectivity index (χ2n) is 6.28. The fraction of sp³-hybridized carbons (Fsp3) is 0.389. The highest BCUT2D eigenvalue weighted by Gasteiger charge is 2.18. The molecule has 23 heavy (non-hydrogen) atoms. The molecule has 0 amide bonds. The first-order chi connectivity index (χ1) is 11.3. The predicted molar refractivity (Wildman–Crippen MR) is 89.5 cm³/mol. The lowest BCUT2D eigenvalue weighted by Crippen LogP contribution is -2.25. The first-order valence-electron chi connectivity index (χ1n) is 8.28. The highest BCUT2D eigenvalue weighted by molar-refractivity contribution is 5.80. The van der Waals surface area contributed by atoms with E-state index >= 15 is 0 Å². The van der Waals surface area contributed by atoms with Gasteiger partial charge in [-0.05, 0) is 18.9 Å². The SMILES string of the molecule is O=c1c2ccccc2cnn1Cc1cncn1C1CCCCC1. The second-order valence-corrected chi connectivity index (χ2v) is 6.28. The lowest BCUT2D eigenvalue weighted by molar-refractivity contribution is 0.344. The van der Waals surface area contributed by atoms with Crippen molar-refractivity contribution >= 4 is 10.8 Å². The van der Waals surface area contributed by atoms with E-state index in [0.29, 0.717) is 18.0 Å². The molecule has 5 heteroatoms. The number of hydrogen-bond acceptors (Lipinski definition) is 3. The van der Waals surface area contributed by atoms with E-state index in [2.05, 4.69) is 14.6 Å². The second kappa shape index (κ2) is 5.99. The lowest BCUT2D eigenvalue weighted by atomic mass is 9.95. The number of rotatable bonds is 3. The number of benzene rings is 1. The van der Waals surface area contributed by atoms with Crippen molar-refractivity contribution in [3.63, 3.8) is 0 Å². The van der Waals surface area contributed by atoms with Crippen LogP contribution in [0.5, 0.6) is 0 Å². The molecule has 3 aromatic rings. The third-order valence-corrected chi connectivity index (χ3v) is 4.79. The monoisotopic (exact) mass is 308 g/mol. The fourth-order valence-corrected chi connectivity index (χ4v) is 3.54. The Balaban J connectivity index is 1.68. The molecule has 2 aromatic heterocycles. The number of imidazole rings is 1. The largest absolute Gasteiger partial charge is 0.330 e. The minimum absolute atomic E-state index is 0.0421. The molecular weight excluding hydrogens is 288 g/mol. The van der Waals surface area contributed by atoms with Crippen LogP contribution in [-0.2, 0) is 6.54 Å². The summed E-state index contributed by atoms with van der Waals surface area (Å²) in [5.74, 6) is 0. The van der Waals surface area contributed by atoms with Crippen molar-refractivity contribution in [3.8, 4) is 0 Å². The molecule has 0 unspecified atom stereocenters. The van der Waals surface area contributed by atoms with E-state index in [0.717, 1.165) is 11.1 Å². The molecule has 1 saturated carbocycles. The first-order valence-corrected chi connectivity index (χ1v) is 8.28. The molecule has 0 N–H and O–H groups in total. The van der Waals surface area contributed by atoms with E-state index < -0.39 is 0 Å². The zero-order chi connectivity index (χ0) is 15.6. The standard InChI is InChI=1S/C18H20N4O/c23-18-17-9-5-4-6-14(17)10-20-22(18)12-16-11-19-13-21(16)15-7-2-1-3-8-15/h4-6,9-11,13,15H,1-3,7-8,12H2. The van der Waals surface area contributed by atoms with Gasteiger partial charge in [0, 0.05) is 11.4 Å². The van der Waals surface area contributed by atoms with Crippen LogP contribution >= 0.6 is 0 Å². The molecule has 1 fully saturated rings. The molecule has 0 saturated heterocycles. The van der Waals surface area contributed by atoms with Crippen LogP contribution in [0, 0.1) is 0 Å². The van der Waals surface area contributed by atoms with Crippen LogP contribution in [0.25, 0.3) is 10.8 Å². The van der Waals surface area contributed by atoms with Gasteiger partial charge in [0.2, 0.25) is 0 Å². The quantitative estimate of drug-likeness (QED) is 0.747. The van der Waals surface area contributed by atoms with Crippen molar-refractivity contribution in [2.75, 3.05) is 0 Å². The Hall–Kier alpha value is -2.43.